The van der Waals surface area contributed by atoms with Crippen molar-refractivity contribution in [1.82, 2.24) is 5.32 Å². The van der Waals surface area contributed by atoms with Crippen LogP contribution >= 0.6 is 22.6 Å². The standard InChI is InChI=1S/C18H18INO2/c19-14-7-4-8-15(11-14)22-12-18(21)20-17-10-3-6-13-5-1-2-9-16(13)17/h1-2,4-5,7-9,11,17H,3,6,10,12H2,(H,20,21)/t17-/m0/s1. The van der Waals surface area contributed by atoms with Gasteiger partial charge in [-0.3, -0.25) is 4.79 Å². The fourth-order valence-corrected chi connectivity index (χ4v) is 3.36. The lowest BCUT2D eigenvalue weighted by molar-refractivity contribution is -0.123. The van der Waals surface area contributed by atoms with Crippen LogP contribution in [0.4, 0.5) is 0 Å². The van der Waals surface area contributed by atoms with Gasteiger partial charge >= 0.3 is 0 Å². The highest BCUT2D eigenvalue weighted by Gasteiger charge is 2.21. The molecule has 0 aliphatic heterocycles. The van der Waals surface area contributed by atoms with Crippen molar-refractivity contribution in [3.05, 3.63) is 63.2 Å². The summed E-state index contributed by atoms with van der Waals surface area (Å²) in [5.41, 5.74) is 2.59. The average Bonchev–Trinajstić information content (AvgIpc) is 2.53. The average molecular weight is 407 g/mol. The monoisotopic (exact) mass is 407 g/mol. The lowest BCUT2D eigenvalue weighted by Crippen LogP contribution is -2.34. The molecule has 0 bridgehead atoms. The van der Waals surface area contributed by atoms with E-state index in [9.17, 15) is 4.79 Å². The van der Waals surface area contributed by atoms with Gasteiger partial charge in [0.1, 0.15) is 5.75 Å². The third-order valence-corrected chi connectivity index (χ3v) is 4.54. The number of halogens is 1. The molecule has 1 aliphatic rings. The lowest BCUT2D eigenvalue weighted by Gasteiger charge is -2.26. The van der Waals surface area contributed by atoms with Crippen LogP contribution in [0.5, 0.6) is 5.75 Å². The number of fused-ring (bicyclic) bond motifs is 1. The number of nitrogens with one attached hydrogen (secondary N) is 1. The number of benzene rings is 2. The van der Waals surface area contributed by atoms with Crippen molar-refractivity contribution in [2.75, 3.05) is 6.61 Å². The highest BCUT2D eigenvalue weighted by molar-refractivity contribution is 14.1. The molecule has 1 amide bonds. The maximum Gasteiger partial charge on any atom is 0.258 e. The van der Waals surface area contributed by atoms with Crippen LogP contribution in [0.2, 0.25) is 0 Å². The second-order valence-electron chi connectivity index (χ2n) is 5.46. The molecule has 1 aliphatic carbocycles. The third kappa shape index (κ3) is 3.80. The molecule has 0 saturated heterocycles. The fourth-order valence-electron chi connectivity index (χ4n) is 2.85. The normalized spacial score (nSPS) is 16.7. The molecule has 1 N–H and O–H groups in total. The summed E-state index contributed by atoms with van der Waals surface area (Å²) < 4.78 is 6.66. The van der Waals surface area contributed by atoms with Gasteiger partial charge in [0, 0.05) is 3.57 Å². The van der Waals surface area contributed by atoms with Crippen molar-refractivity contribution >= 4 is 28.5 Å². The first-order valence-electron chi connectivity index (χ1n) is 7.48. The smallest absolute Gasteiger partial charge is 0.258 e. The van der Waals surface area contributed by atoms with Crippen LogP contribution in [-0.4, -0.2) is 12.5 Å². The first-order valence-corrected chi connectivity index (χ1v) is 8.56. The predicted octanol–water partition coefficient (Wildman–Crippen LogP) is 3.86. The molecule has 3 nitrogen and oxygen atoms in total. The number of hydrogen-bond acceptors (Lipinski definition) is 2. The molecular weight excluding hydrogens is 389 g/mol. The van der Waals surface area contributed by atoms with Crippen molar-refractivity contribution in [3.63, 3.8) is 0 Å². The largest absolute Gasteiger partial charge is 0.484 e. The molecular formula is C18H18INO2. The molecule has 2 aromatic rings. The van der Waals surface area contributed by atoms with Gasteiger partial charge in [-0.1, -0.05) is 30.3 Å². The SMILES string of the molecule is O=C(COc1cccc(I)c1)N[C@H]1CCCc2ccccc21. The quantitative estimate of drug-likeness (QED) is 0.782. The summed E-state index contributed by atoms with van der Waals surface area (Å²) in [5.74, 6) is 0.659. The van der Waals surface area contributed by atoms with Crippen molar-refractivity contribution in [2.24, 2.45) is 0 Å². The number of carbonyl (C=O) groups excluding carboxylic acids is 1. The Morgan fingerprint density at radius 2 is 2.09 bits per heavy atom. The van der Waals surface area contributed by atoms with E-state index in [1.54, 1.807) is 0 Å². The Hall–Kier alpha value is -1.56. The second kappa shape index (κ2) is 7.13. The van der Waals surface area contributed by atoms with Crippen LogP contribution in [0.1, 0.15) is 30.0 Å². The maximum absolute atomic E-state index is 12.1. The molecule has 2 aromatic carbocycles. The number of carbonyl (C=O) groups is 1. The molecule has 4 heteroatoms. The minimum Gasteiger partial charge on any atom is -0.484 e. The van der Waals surface area contributed by atoms with Crippen molar-refractivity contribution in [2.45, 2.75) is 25.3 Å². The van der Waals surface area contributed by atoms with Crippen LogP contribution in [0.3, 0.4) is 0 Å². The summed E-state index contributed by atoms with van der Waals surface area (Å²) in [7, 11) is 0. The summed E-state index contributed by atoms with van der Waals surface area (Å²) in [4.78, 5) is 12.1. The number of amides is 1. The van der Waals surface area contributed by atoms with Crippen LogP contribution in [-0.2, 0) is 11.2 Å². The lowest BCUT2D eigenvalue weighted by atomic mass is 9.88. The second-order valence-corrected chi connectivity index (χ2v) is 6.70. The molecule has 0 fully saturated rings. The highest BCUT2D eigenvalue weighted by atomic mass is 127. The third-order valence-electron chi connectivity index (χ3n) is 3.87. The molecule has 3 rings (SSSR count). The van der Waals surface area contributed by atoms with Crippen LogP contribution in [0.15, 0.2) is 48.5 Å². The zero-order chi connectivity index (χ0) is 15.4. The summed E-state index contributed by atoms with van der Waals surface area (Å²) in [6, 6.07) is 16.2. The summed E-state index contributed by atoms with van der Waals surface area (Å²) >= 11 is 2.23. The van der Waals surface area contributed by atoms with Crippen LogP contribution in [0, 0.1) is 3.57 Å². The molecule has 0 unspecified atom stereocenters. The zero-order valence-corrected chi connectivity index (χ0v) is 14.4. The Labute approximate surface area is 144 Å². The van der Waals surface area contributed by atoms with E-state index < -0.39 is 0 Å². The van der Waals surface area contributed by atoms with E-state index in [2.05, 4.69) is 46.1 Å². The van der Waals surface area contributed by atoms with Gasteiger partial charge in [-0.15, -0.1) is 0 Å². The molecule has 0 spiro atoms. The molecule has 1 atom stereocenters. The Bertz CT molecular complexity index is 672. The minimum atomic E-state index is -0.0689. The Morgan fingerprint density at radius 1 is 1.23 bits per heavy atom. The van der Waals surface area contributed by atoms with Gasteiger partial charge in [-0.25, -0.2) is 0 Å². The van der Waals surface area contributed by atoms with E-state index in [1.165, 1.54) is 11.1 Å². The first-order chi connectivity index (χ1) is 10.7. The Morgan fingerprint density at radius 3 is 2.95 bits per heavy atom. The van der Waals surface area contributed by atoms with E-state index in [-0.39, 0.29) is 18.6 Å². The van der Waals surface area contributed by atoms with E-state index in [1.807, 2.05) is 30.3 Å². The van der Waals surface area contributed by atoms with Crippen molar-refractivity contribution in [1.29, 1.82) is 0 Å². The van der Waals surface area contributed by atoms with E-state index >= 15 is 0 Å². The summed E-state index contributed by atoms with van der Waals surface area (Å²) in [6.45, 7) is 0.0543. The number of aryl methyl sites for hydroxylation is 1. The fraction of sp³-hybridized carbons (Fsp3) is 0.278. The summed E-state index contributed by atoms with van der Waals surface area (Å²) in [5, 5.41) is 3.09. The molecule has 114 valence electrons. The van der Waals surface area contributed by atoms with Gasteiger partial charge in [0.2, 0.25) is 0 Å². The van der Waals surface area contributed by atoms with Gasteiger partial charge in [0.05, 0.1) is 6.04 Å². The Balaban J connectivity index is 1.59. The number of rotatable bonds is 4. The molecule has 22 heavy (non-hydrogen) atoms. The maximum atomic E-state index is 12.1. The van der Waals surface area contributed by atoms with Gasteiger partial charge in [0.25, 0.3) is 5.91 Å². The molecule has 0 aromatic heterocycles. The molecule has 0 heterocycles. The van der Waals surface area contributed by atoms with Crippen molar-refractivity contribution in [3.8, 4) is 5.75 Å². The van der Waals surface area contributed by atoms with Crippen molar-refractivity contribution < 1.29 is 9.53 Å². The van der Waals surface area contributed by atoms with E-state index in [0.717, 1.165) is 28.6 Å². The number of hydrogen-bond donors (Lipinski definition) is 1. The zero-order valence-electron chi connectivity index (χ0n) is 12.2. The van der Waals surface area contributed by atoms with Gasteiger partial charge in [-0.05, 0) is 71.2 Å². The molecule has 0 saturated carbocycles. The van der Waals surface area contributed by atoms with Crippen LogP contribution < -0.4 is 10.1 Å². The van der Waals surface area contributed by atoms with Gasteiger partial charge in [-0.2, -0.15) is 0 Å². The molecule has 0 radical (unpaired) electrons. The van der Waals surface area contributed by atoms with Gasteiger partial charge in [0.15, 0.2) is 6.61 Å². The van der Waals surface area contributed by atoms with E-state index in [4.69, 9.17) is 4.74 Å². The van der Waals surface area contributed by atoms with E-state index in [0.29, 0.717) is 0 Å². The number of ether oxygens (including phenoxy) is 1. The van der Waals surface area contributed by atoms with Crippen LogP contribution in [0.25, 0.3) is 0 Å². The first kappa shape index (κ1) is 15.3. The predicted molar refractivity (Wildman–Crippen MR) is 94.9 cm³/mol. The minimum absolute atomic E-state index is 0.0543. The topological polar surface area (TPSA) is 38.3 Å². The summed E-state index contributed by atoms with van der Waals surface area (Å²) in [6.07, 6.45) is 3.20. The Kier molecular flexibility index (Phi) is 4.97. The van der Waals surface area contributed by atoms with Gasteiger partial charge < -0.3 is 10.1 Å². The highest BCUT2D eigenvalue weighted by Crippen LogP contribution is 2.29.